The summed E-state index contributed by atoms with van der Waals surface area (Å²) >= 11 is 5.21. The van der Waals surface area contributed by atoms with Crippen molar-refractivity contribution in [2.24, 2.45) is 0 Å². The minimum atomic E-state index is -0.527. The molecule has 2 aromatic rings. The maximum absolute atomic E-state index is 13.7. The van der Waals surface area contributed by atoms with Gasteiger partial charge in [0.2, 0.25) is 0 Å². The first-order chi connectivity index (χ1) is 11.6. The molecular formula is C15H18FN5O2S. The van der Waals surface area contributed by atoms with Crippen molar-refractivity contribution in [3.8, 4) is 5.75 Å². The molecule has 3 N–H and O–H groups in total. The van der Waals surface area contributed by atoms with Gasteiger partial charge in [0.25, 0.3) is 0 Å². The molecule has 1 saturated carbocycles. The second-order valence-electron chi connectivity index (χ2n) is 5.52. The molecule has 1 aromatic carbocycles. The van der Waals surface area contributed by atoms with Gasteiger partial charge in [-0.05, 0) is 37.2 Å². The van der Waals surface area contributed by atoms with Gasteiger partial charge in [0.1, 0.15) is 17.4 Å². The van der Waals surface area contributed by atoms with Crippen LogP contribution in [-0.4, -0.2) is 34.5 Å². The van der Waals surface area contributed by atoms with Gasteiger partial charge in [-0.2, -0.15) is 5.10 Å². The number of carbonyl (C=O) groups excluding carboxylic acids is 1. The van der Waals surface area contributed by atoms with Crippen LogP contribution in [0.5, 0.6) is 5.75 Å². The van der Waals surface area contributed by atoms with Crippen molar-refractivity contribution < 1.29 is 13.9 Å². The lowest BCUT2D eigenvalue weighted by Crippen LogP contribution is -2.31. The number of nitrogens with one attached hydrogen (secondary N) is 3. The third kappa shape index (κ3) is 3.73. The lowest BCUT2D eigenvalue weighted by Gasteiger charge is -2.10. The maximum Gasteiger partial charge on any atom is 0.319 e. The second kappa shape index (κ2) is 7.00. The van der Waals surface area contributed by atoms with Gasteiger partial charge in [-0.15, -0.1) is 0 Å². The molecule has 3 rings (SSSR count). The minimum Gasteiger partial charge on any atom is -0.497 e. The number of amides is 2. The summed E-state index contributed by atoms with van der Waals surface area (Å²) < 4.78 is 21.3. The van der Waals surface area contributed by atoms with Crippen LogP contribution in [0, 0.1) is 10.6 Å². The number of ether oxygens (including phenoxy) is 1. The number of nitrogens with zero attached hydrogens (tertiary/aromatic N) is 2. The molecule has 1 aliphatic rings. The van der Waals surface area contributed by atoms with Crippen LogP contribution in [0.3, 0.4) is 0 Å². The lowest BCUT2D eigenvalue weighted by atomic mass is 10.3. The van der Waals surface area contributed by atoms with Gasteiger partial charge in [0, 0.05) is 25.1 Å². The Balaban J connectivity index is 1.54. The highest BCUT2D eigenvalue weighted by Gasteiger charge is 2.26. The molecule has 24 heavy (non-hydrogen) atoms. The van der Waals surface area contributed by atoms with Crippen LogP contribution in [0.2, 0.25) is 0 Å². The molecule has 0 radical (unpaired) electrons. The van der Waals surface area contributed by atoms with Crippen molar-refractivity contribution in [3.05, 3.63) is 34.6 Å². The number of H-pyrrole nitrogens is 1. The molecule has 7 nitrogen and oxygen atoms in total. The van der Waals surface area contributed by atoms with Crippen molar-refractivity contribution >= 4 is 23.9 Å². The summed E-state index contributed by atoms with van der Waals surface area (Å²) in [6, 6.07) is 4.08. The van der Waals surface area contributed by atoms with Gasteiger partial charge in [0.05, 0.1) is 12.8 Å². The fraction of sp³-hybridized carbons (Fsp3) is 0.400. The molecule has 0 unspecified atom stereocenters. The number of hydrogen-bond acceptors (Lipinski definition) is 4. The molecule has 0 atom stereocenters. The van der Waals surface area contributed by atoms with E-state index < -0.39 is 11.8 Å². The van der Waals surface area contributed by atoms with E-state index in [1.54, 1.807) is 0 Å². The monoisotopic (exact) mass is 351 g/mol. The zero-order valence-electron chi connectivity index (χ0n) is 13.1. The maximum atomic E-state index is 13.7. The van der Waals surface area contributed by atoms with Gasteiger partial charge >= 0.3 is 6.03 Å². The topological polar surface area (TPSA) is 84.0 Å². The first-order valence-electron chi connectivity index (χ1n) is 7.62. The van der Waals surface area contributed by atoms with E-state index in [-0.39, 0.29) is 5.69 Å². The van der Waals surface area contributed by atoms with E-state index in [1.165, 1.54) is 25.3 Å². The molecule has 0 aliphatic heterocycles. The Morgan fingerprint density at radius 2 is 2.33 bits per heavy atom. The smallest absolute Gasteiger partial charge is 0.319 e. The molecule has 1 aromatic heterocycles. The van der Waals surface area contributed by atoms with E-state index in [0.29, 0.717) is 29.5 Å². The number of carbonyl (C=O) groups is 1. The predicted octanol–water partition coefficient (Wildman–Crippen LogP) is 2.79. The van der Waals surface area contributed by atoms with Crippen LogP contribution < -0.4 is 15.4 Å². The molecule has 1 fully saturated rings. The van der Waals surface area contributed by atoms with Gasteiger partial charge < -0.3 is 19.9 Å². The highest BCUT2D eigenvalue weighted by molar-refractivity contribution is 7.71. The van der Waals surface area contributed by atoms with E-state index >= 15 is 0 Å². The van der Waals surface area contributed by atoms with Crippen LogP contribution >= 0.6 is 12.2 Å². The molecule has 1 aliphatic carbocycles. The molecular weight excluding hydrogens is 333 g/mol. The van der Waals surface area contributed by atoms with Crippen LogP contribution in [-0.2, 0) is 6.42 Å². The third-order valence-electron chi connectivity index (χ3n) is 3.75. The Labute approximate surface area is 143 Å². The number of anilines is 1. The molecule has 0 spiro atoms. The number of hydrogen-bond donors (Lipinski definition) is 3. The Morgan fingerprint density at radius 1 is 1.54 bits per heavy atom. The fourth-order valence-corrected chi connectivity index (χ4v) is 2.70. The fourth-order valence-electron chi connectivity index (χ4n) is 2.40. The molecule has 2 amide bonds. The van der Waals surface area contributed by atoms with Crippen molar-refractivity contribution in [2.45, 2.75) is 25.3 Å². The number of rotatable bonds is 6. The quantitative estimate of drug-likeness (QED) is 0.699. The minimum absolute atomic E-state index is 0.0625. The van der Waals surface area contributed by atoms with Crippen molar-refractivity contribution in [2.75, 3.05) is 19.0 Å². The van der Waals surface area contributed by atoms with E-state index in [9.17, 15) is 9.18 Å². The van der Waals surface area contributed by atoms with Crippen molar-refractivity contribution in [1.29, 1.82) is 0 Å². The average molecular weight is 351 g/mol. The Morgan fingerprint density at radius 3 is 3.04 bits per heavy atom. The van der Waals surface area contributed by atoms with Crippen molar-refractivity contribution in [1.82, 2.24) is 20.1 Å². The van der Waals surface area contributed by atoms with Gasteiger partial charge in [0.15, 0.2) is 4.77 Å². The van der Waals surface area contributed by atoms with E-state index in [0.717, 1.165) is 18.7 Å². The summed E-state index contributed by atoms with van der Waals surface area (Å²) in [5.74, 6) is 0.752. The Kier molecular flexibility index (Phi) is 4.79. The summed E-state index contributed by atoms with van der Waals surface area (Å²) in [7, 11) is 1.48. The highest BCUT2D eigenvalue weighted by Crippen LogP contribution is 2.35. The number of aromatic amines is 1. The van der Waals surface area contributed by atoms with Gasteiger partial charge in [-0.25, -0.2) is 9.18 Å². The van der Waals surface area contributed by atoms with Gasteiger partial charge in [-0.3, -0.25) is 5.10 Å². The number of methoxy groups -OCH3 is 1. The van der Waals surface area contributed by atoms with Gasteiger partial charge in [-0.1, -0.05) is 0 Å². The zero-order chi connectivity index (χ0) is 17.1. The van der Waals surface area contributed by atoms with E-state index in [2.05, 4.69) is 20.8 Å². The van der Waals surface area contributed by atoms with Crippen LogP contribution in [0.4, 0.5) is 14.9 Å². The Hall–Kier alpha value is -2.42. The Bertz CT molecular complexity index is 799. The molecule has 128 valence electrons. The standard InChI is InChI=1S/C15H18FN5O2S/c1-23-10-4-5-11(16)12(8-10)18-14(22)17-7-6-13-19-20-15(24)21(13)9-2-3-9/h4-5,8-9H,2-3,6-7H2,1H3,(H,20,24)(H2,17,18,22). The van der Waals surface area contributed by atoms with Crippen LogP contribution in [0.15, 0.2) is 18.2 Å². The van der Waals surface area contributed by atoms with E-state index in [4.69, 9.17) is 17.0 Å². The normalized spacial score (nSPS) is 13.6. The third-order valence-corrected chi connectivity index (χ3v) is 4.03. The highest BCUT2D eigenvalue weighted by atomic mass is 32.1. The zero-order valence-corrected chi connectivity index (χ0v) is 14.0. The van der Waals surface area contributed by atoms with Crippen LogP contribution in [0.25, 0.3) is 0 Å². The summed E-state index contributed by atoms with van der Waals surface area (Å²) in [5.41, 5.74) is 0.0625. The number of aromatic nitrogens is 3. The number of benzene rings is 1. The predicted molar refractivity (Wildman–Crippen MR) is 89.4 cm³/mol. The first-order valence-corrected chi connectivity index (χ1v) is 8.03. The largest absolute Gasteiger partial charge is 0.497 e. The number of urea groups is 1. The van der Waals surface area contributed by atoms with Crippen molar-refractivity contribution in [3.63, 3.8) is 0 Å². The average Bonchev–Trinajstić information content (AvgIpc) is 3.33. The summed E-state index contributed by atoms with van der Waals surface area (Å²) in [5, 5.41) is 12.1. The molecule has 1 heterocycles. The molecule has 9 heteroatoms. The van der Waals surface area contributed by atoms with Crippen LogP contribution in [0.1, 0.15) is 24.7 Å². The molecule has 0 bridgehead atoms. The second-order valence-corrected chi connectivity index (χ2v) is 5.91. The summed E-state index contributed by atoms with van der Waals surface area (Å²) in [6.07, 6.45) is 2.74. The summed E-state index contributed by atoms with van der Waals surface area (Å²) in [4.78, 5) is 11.9. The lowest BCUT2D eigenvalue weighted by molar-refractivity contribution is 0.252. The summed E-state index contributed by atoms with van der Waals surface area (Å²) in [6.45, 7) is 0.365. The molecule has 0 saturated heterocycles. The number of halogens is 1. The van der Waals surface area contributed by atoms with E-state index in [1.807, 2.05) is 4.57 Å². The first kappa shape index (κ1) is 16.4. The SMILES string of the molecule is COc1ccc(F)c(NC(=O)NCCc2n[nH]c(=S)n2C2CC2)c1.